The molecule has 0 aromatic heterocycles. The number of aliphatic carboxylic acids is 1. The van der Waals surface area contributed by atoms with Crippen LogP contribution in [0.2, 0.25) is 0 Å². The first-order chi connectivity index (χ1) is 11.5. The molecule has 0 fully saturated rings. The van der Waals surface area contributed by atoms with Crippen LogP contribution in [0.1, 0.15) is 11.1 Å². The third-order valence-electron chi connectivity index (χ3n) is 3.44. The lowest BCUT2D eigenvalue weighted by Crippen LogP contribution is -2.02. The molecular formula is C18H18O6. The molecule has 2 aromatic rings. The monoisotopic (exact) mass is 330 g/mol. The van der Waals surface area contributed by atoms with Crippen LogP contribution in [0, 0.1) is 0 Å². The molecule has 0 aliphatic heterocycles. The summed E-state index contributed by atoms with van der Waals surface area (Å²) in [6, 6.07) is 9.51. The Morgan fingerprint density at radius 1 is 0.958 bits per heavy atom. The quantitative estimate of drug-likeness (QED) is 0.625. The lowest BCUT2D eigenvalue weighted by atomic mass is 10.0. The normalized spacial score (nSPS) is 11.0. The molecule has 0 radical (unpaired) electrons. The van der Waals surface area contributed by atoms with Gasteiger partial charge in [0.15, 0.2) is 11.5 Å². The number of methoxy groups -OCH3 is 3. The van der Waals surface area contributed by atoms with E-state index in [-0.39, 0.29) is 11.3 Å². The Kier molecular flexibility index (Phi) is 5.31. The van der Waals surface area contributed by atoms with Crippen molar-refractivity contribution in [2.45, 2.75) is 0 Å². The summed E-state index contributed by atoms with van der Waals surface area (Å²) < 4.78 is 15.4. The van der Waals surface area contributed by atoms with Crippen molar-refractivity contribution in [3.05, 3.63) is 47.5 Å². The van der Waals surface area contributed by atoms with Crippen molar-refractivity contribution in [1.29, 1.82) is 0 Å². The number of carboxylic acids is 1. The second-order valence-corrected chi connectivity index (χ2v) is 4.86. The van der Waals surface area contributed by atoms with Crippen LogP contribution in [0.5, 0.6) is 23.0 Å². The van der Waals surface area contributed by atoms with Crippen LogP contribution in [0.3, 0.4) is 0 Å². The number of phenols is 1. The molecule has 0 heterocycles. The smallest absolute Gasteiger partial charge is 0.336 e. The van der Waals surface area contributed by atoms with Gasteiger partial charge in [-0.2, -0.15) is 0 Å². The summed E-state index contributed by atoms with van der Waals surface area (Å²) in [7, 11) is 4.41. The molecule has 0 aliphatic carbocycles. The molecule has 0 amide bonds. The molecule has 0 saturated heterocycles. The topological polar surface area (TPSA) is 85.2 Å². The van der Waals surface area contributed by atoms with E-state index in [0.29, 0.717) is 28.4 Å². The van der Waals surface area contributed by atoms with E-state index >= 15 is 0 Å². The Bertz CT molecular complexity index is 779. The van der Waals surface area contributed by atoms with Gasteiger partial charge in [-0.3, -0.25) is 0 Å². The summed E-state index contributed by atoms with van der Waals surface area (Å²) in [5, 5.41) is 19.4. The largest absolute Gasteiger partial charge is 0.504 e. The zero-order chi connectivity index (χ0) is 17.7. The molecule has 6 heteroatoms. The summed E-state index contributed by atoms with van der Waals surface area (Å²) in [5.41, 5.74) is 0.948. The number of ether oxygens (including phenoxy) is 3. The molecule has 0 bridgehead atoms. The SMILES string of the molecule is COc1ccc(/C(=C/c2ccc(OC)c(O)c2)C(=O)O)c(OC)c1. The molecule has 6 nitrogen and oxygen atoms in total. The molecule has 0 aliphatic rings. The highest BCUT2D eigenvalue weighted by Crippen LogP contribution is 2.33. The minimum absolute atomic E-state index is 0.0269. The Morgan fingerprint density at radius 3 is 2.21 bits per heavy atom. The van der Waals surface area contributed by atoms with Crippen molar-refractivity contribution in [3.8, 4) is 23.0 Å². The number of hydrogen-bond acceptors (Lipinski definition) is 5. The van der Waals surface area contributed by atoms with E-state index < -0.39 is 5.97 Å². The van der Waals surface area contributed by atoms with E-state index in [2.05, 4.69) is 0 Å². The number of rotatable bonds is 6. The standard InChI is InChI=1S/C18H18O6/c1-22-12-5-6-13(17(10-12)24-3)14(18(20)21)8-11-4-7-16(23-2)15(19)9-11/h4-10,19H,1-3H3,(H,20,21)/b14-8-. The van der Waals surface area contributed by atoms with Crippen molar-refractivity contribution >= 4 is 17.6 Å². The van der Waals surface area contributed by atoms with Gasteiger partial charge in [0.1, 0.15) is 11.5 Å². The van der Waals surface area contributed by atoms with Gasteiger partial charge in [0.25, 0.3) is 0 Å². The Hall–Kier alpha value is -3.15. The third-order valence-corrected chi connectivity index (χ3v) is 3.44. The number of hydrogen-bond donors (Lipinski definition) is 2. The van der Waals surface area contributed by atoms with Gasteiger partial charge in [-0.1, -0.05) is 6.07 Å². The van der Waals surface area contributed by atoms with Crippen molar-refractivity contribution in [2.24, 2.45) is 0 Å². The fourth-order valence-electron chi connectivity index (χ4n) is 2.24. The summed E-state index contributed by atoms with van der Waals surface area (Å²) in [4.78, 5) is 11.7. The van der Waals surface area contributed by atoms with Crippen molar-refractivity contribution in [3.63, 3.8) is 0 Å². The van der Waals surface area contributed by atoms with Crippen molar-refractivity contribution in [1.82, 2.24) is 0 Å². The predicted octanol–water partition coefficient (Wildman–Crippen LogP) is 3.04. The first-order valence-corrected chi connectivity index (χ1v) is 7.04. The molecule has 0 atom stereocenters. The van der Waals surface area contributed by atoms with Crippen molar-refractivity contribution in [2.75, 3.05) is 21.3 Å². The molecule has 0 spiro atoms. The van der Waals surface area contributed by atoms with Gasteiger partial charge >= 0.3 is 5.97 Å². The minimum Gasteiger partial charge on any atom is -0.504 e. The zero-order valence-corrected chi connectivity index (χ0v) is 13.6. The van der Waals surface area contributed by atoms with Crippen LogP contribution in [-0.2, 0) is 4.79 Å². The molecule has 0 saturated carbocycles. The van der Waals surface area contributed by atoms with Gasteiger partial charge in [0, 0.05) is 11.6 Å². The second-order valence-electron chi connectivity index (χ2n) is 4.86. The highest BCUT2D eigenvalue weighted by Gasteiger charge is 2.16. The van der Waals surface area contributed by atoms with E-state index in [0.717, 1.165) is 0 Å². The fraction of sp³-hybridized carbons (Fsp3) is 0.167. The van der Waals surface area contributed by atoms with E-state index in [1.807, 2.05) is 0 Å². The van der Waals surface area contributed by atoms with Gasteiger partial charge < -0.3 is 24.4 Å². The molecule has 2 aromatic carbocycles. The van der Waals surface area contributed by atoms with E-state index in [9.17, 15) is 15.0 Å². The molecule has 0 unspecified atom stereocenters. The summed E-state index contributed by atoms with van der Waals surface area (Å²) in [6.45, 7) is 0. The first-order valence-electron chi connectivity index (χ1n) is 7.04. The summed E-state index contributed by atoms with van der Waals surface area (Å²) in [5.74, 6) is 0.0562. The number of aromatic hydroxyl groups is 1. The van der Waals surface area contributed by atoms with E-state index in [4.69, 9.17) is 14.2 Å². The maximum atomic E-state index is 11.7. The lowest BCUT2D eigenvalue weighted by molar-refractivity contribution is -0.130. The average molecular weight is 330 g/mol. The Balaban J connectivity index is 2.54. The Labute approximate surface area is 139 Å². The number of carboxylic acid groups (broad SMARTS) is 1. The van der Waals surface area contributed by atoms with Crippen LogP contribution in [0.15, 0.2) is 36.4 Å². The average Bonchev–Trinajstić information content (AvgIpc) is 2.59. The zero-order valence-electron chi connectivity index (χ0n) is 13.6. The van der Waals surface area contributed by atoms with Crippen LogP contribution >= 0.6 is 0 Å². The van der Waals surface area contributed by atoms with Gasteiger partial charge in [0.05, 0.1) is 26.9 Å². The highest BCUT2D eigenvalue weighted by atomic mass is 16.5. The fourth-order valence-corrected chi connectivity index (χ4v) is 2.24. The number of benzene rings is 2. The van der Waals surface area contributed by atoms with Crippen LogP contribution in [-0.4, -0.2) is 37.5 Å². The maximum absolute atomic E-state index is 11.7. The minimum atomic E-state index is -1.12. The van der Waals surface area contributed by atoms with Crippen LogP contribution < -0.4 is 14.2 Å². The van der Waals surface area contributed by atoms with Crippen LogP contribution in [0.25, 0.3) is 11.6 Å². The second kappa shape index (κ2) is 7.41. The first kappa shape index (κ1) is 17.2. The third kappa shape index (κ3) is 3.60. The summed E-state index contributed by atoms with van der Waals surface area (Å²) >= 11 is 0. The Morgan fingerprint density at radius 2 is 1.67 bits per heavy atom. The molecule has 2 rings (SSSR count). The molecular weight excluding hydrogens is 312 g/mol. The van der Waals surface area contributed by atoms with E-state index in [1.165, 1.54) is 33.5 Å². The van der Waals surface area contributed by atoms with Gasteiger partial charge in [-0.05, 0) is 35.9 Å². The van der Waals surface area contributed by atoms with Gasteiger partial charge in [-0.25, -0.2) is 4.79 Å². The van der Waals surface area contributed by atoms with Gasteiger partial charge in [0.2, 0.25) is 0 Å². The van der Waals surface area contributed by atoms with Crippen molar-refractivity contribution < 1.29 is 29.2 Å². The number of carbonyl (C=O) groups is 1. The van der Waals surface area contributed by atoms with Crippen LogP contribution in [0.4, 0.5) is 0 Å². The predicted molar refractivity (Wildman–Crippen MR) is 89.7 cm³/mol. The molecule has 126 valence electrons. The van der Waals surface area contributed by atoms with E-state index in [1.54, 1.807) is 30.3 Å². The molecule has 2 N–H and O–H groups in total. The highest BCUT2D eigenvalue weighted by molar-refractivity contribution is 6.21. The number of phenolic OH excluding ortho intramolecular Hbond substituents is 1. The molecule has 24 heavy (non-hydrogen) atoms. The lowest BCUT2D eigenvalue weighted by Gasteiger charge is -2.11. The van der Waals surface area contributed by atoms with Gasteiger partial charge in [-0.15, -0.1) is 0 Å². The summed E-state index contributed by atoms with van der Waals surface area (Å²) in [6.07, 6.45) is 1.45. The maximum Gasteiger partial charge on any atom is 0.336 e.